The van der Waals surface area contributed by atoms with E-state index in [9.17, 15) is 13.2 Å². The van der Waals surface area contributed by atoms with E-state index in [4.69, 9.17) is 4.74 Å². The van der Waals surface area contributed by atoms with Crippen LogP contribution in [0.15, 0.2) is 57.8 Å². The highest BCUT2D eigenvalue weighted by atomic mass is 32.2. The molecule has 0 bridgehead atoms. The van der Waals surface area contributed by atoms with Crippen LogP contribution >= 0.6 is 0 Å². The minimum atomic E-state index is -3.71. The van der Waals surface area contributed by atoms with E-state index in [-0.39, 0.29) is 10.8 Å². The van der Waals surface area contributed by atoms with Gasteiger partial charge in [0.2, 0.25) is 5.91 Å². The molecule has 1 N–H and O–H groups in total. The molecule has 1 atom stereocenters. The molecule has 0 saturated carbocycles. The summed E-state index contributed by atoms with van der Waals surface area (Å²) in [5.74, 6) is 0.927. The fourth-order valence-electron chi connectivity index (χ4n) is 3.62. The number of fused-ring (bicyclic) bond motifs is 1. The summed E-state index contributed by atoms with van der Waals surface area (Å²) in [5, 5.41) is 2.91. The van der Waals surface area contributed by atoms with E-state index >= 15 is 0 Å². The van der Waals surface area contributed by atoms with Crippen LogP contribution in [0.4, 0.5) is 5.69 Å². The van der Waals surface area contributed by atoms with Crippen molar-refractivity contribution in [3.8, 4) is 5.75 Å². The first-order chi connectivity index (χ1) is 13.5. The number of amidine groups is 1. The standard InChI is InChI=1S/C20H21N3O4S/c1-2-27-15-11-9-14(10-12-15)21-20(24)17-7-5-13-23(17)19-16-6-3-4-8-18(16)28(25,26)22-19/h3-4,6,8-12,17H,2,5,7,13H2,1H3,(H,21,24)/t17-/m0/s1. The first kappa shape index (κ1) is 18.5. The van der Waals surface area contributed by atoms with Gasteiger partial charge in [-0.2, -0.15) is 8.42 Å². The number of ether oxygens (including phenoxy) is 1. The van der Waals surface area contributed by atoms with Crippen molar-refractivity contribution in [1.82, 2.24) is 4.90 Å². The Morgan fingerprint density at radius 3 is 2.71 bits per heavy atom. The van der Waals surface area contributed by atoms with E-state index < -0.39 is 16.1 Å². The second kappa shape index (κ2) is 7.27. The van der Waals surface area contributed by atoms with Gasteiger partial charge in [0.15, 0.2) is 5.84 Å². The molecule has 0 unspecified atom stereocenters. The summed E-state index contributed by atoms with van der Waals surface area (Å²) in [4.78, 5) is 14.9. The molecule has 1 saturated heterocycles. The zero-order valence-electron chi connectivity index (χ0n) is 15.5. The maximum absolute atomic E-state index is 12.9. The van der Waals surface area contributed by atoms with Gasteiger partial charge in [0.05, 0.1) is 6.61 Å². The zero-order chi connectivity index (χ0) is 19.7. The Kier molecular flexibility index (Phi) is 4.80. The number of hydrogen-bond acceptors (Lipinski definition) is 5. The van der Waals surface area contributed by atoms with Crippen LogP contribution in [0.1, 0.15) is 25.3 Å². The van der Waals surface area contributed by atoms with Crippen LogP contribution in [0.5, 0.6) is 5.75 Å². The molecule has 2 heterocycles. The fraction of sp³-hybridized carbons (Fsp3) is 0.300. The van der Waals surface area contributed by atoms with Gasteiger partial charge in [-0.05, 0) is 56.2 Å². The molecule has 0 aromatic heterocycles. The average Bonchev–Trinajstić information content (AvgIpc) is 3.27. The van der Waals surface area contributed by atoms with E-state index in [2.05, 4.69) is 9.71 Å². The Labute approximate surface area is 164 Å². The van der Waals surface area contributed by atoms with Gasteiger partial charge in [0.1, 0.15) is 16.7 Å². The van der Waals surface area contributed by atoms with Crippen molar-refractivity contribution >= 4 is 27.5 Å². The number of amides is 1. The fourth-order valence-corrected chi connectivity index (χ4v) is 4.83. The molecular weight excluding hydrogens is 378 g/mol. The van der Waals surface area contributed by atoms with Crippen molar-refractivity contribution < 1.29 is 17.9 Å². The van der Waals surface area contributed by atoms with Crippen molar-refractivity contribution in [3.63, 3.8) is 0 Å². The van der Waals surface area contributed by atoms with E-state index in [0.717, 1.165) is 12.2 Å². The number of likely N-dealkylation sites (tertiary alicyclic amines) is 1. The van der Waals surface area contributed by atoms with Gasteiger partial charge >= 0.3 is 0 Å². The molecule has 1 amide bonds. The third-order valence-corrected chi connectivity index (χ3v) is 6.20. The number of benzene rings is 2. The molecule has 28 heavy (non-hydrogen) atoms. The molecular formula is C20H21N3O4S. The van der Waals surface area contributed by atoms with Crippen LogP contribution in [0, 0.1) is 0 Å². The van der Waals surface area contributed by atoms with Crippen LogP contribution in [-0.4, -0.2) is 44.3 Å². The van der Waals surface area contributed by atoms with Gasteiger partial charge in [-0.15, -0.1) is 4.40 Å². The number of anilines is 1. The summed E-state index contributed by atoms with van der Waals surface area (Å²) in [5.41, 5.74) is 1.23. The first-order valence-corrected chi connectivity index (χ1v) is 10.7. The van der Waals surface area contributed by atoms with Gasteiger partial charge in [0.25, 0.3) is 10.0 Å². The van der Waals surface area contributed by atoms with Crippen molar-refractivity contribution in [1.29, 1.82) is 0 Å². The van der Waals surface area contributed by atoms with Crippen molar-refractivity contribution in [2.24, 2.45) is 4.40 Å². The highest BCUT2D eigenvalue weighted by Gasteiger charge is 2.39. The van der Waals surface area contributed by atoms with Gasteiger partial charge < -0.3 is 15.0 Å². The monoisotopic (exact) mass is 399 g/mol. The lowest BCUT2D eigenvalue weighted by Crippen LogP contribution is -2.43. The Balaban J connectivity index is 1.55. The maximum Gasteiger partial charge on any atom is 0.285 e. The van der Waals surface area contributed by atoms with Gasteiger partial charge in [-0.25, -0.2) is 0 Å². The van der Waals surface area contributed by atoms with E-state index in [1.54, 1.807) is 53.4 Å². The molecule has 2 aromatic rings. The number of sulfonamides is 1. The number of nitrogens with one attached hydrogen (secondary N) is 1. The maximum atomic E-state index is 12.9. The van der Waals surface area contributed by atoms with Crippen LogP contribution in [-0.2, 0) is 14.8 Å². The molecule has 2 aromatic carbocycles. The van der Waals surface area contributed by atoms with E-state index in [0.29, 0.717) is 36.7 Å². The third kappa shape index (κ3) is 3.35. The normalized spacial score (nSPS) is 19.8. The van der Waals surface area contributed by atoms with Crippen LogP contribution in [0.25, 0.3) is 0 Å². The Morgan fingerprint density at radius 2 is 1.96 bits per heavy atom. The van der Waals surface area contributed by atoms with Crippen molar-refractivity contribution in [3.05, 3.63) is 54.1 Å². The Hall–Kier alpha value is -2.87. The predicted molar refractivity (Wildman–Crippen MR) is 106 cm³/mol. The molecule has 0 aliphatic carbocycles. The largest absolute Gasteiger partial charge is 0.494 e. The smallest absolute Gasteiger partial charge is 0.285 e. The van der Waals surface area contributed by atoms with Gasteiger partial charge in [-0.3, -0.25) is 4.79 Å². The summed E-state index contributed by atoms with van der Waals surface area (Å²) in [6.45, 7) is 3.08. The summed E-state index contributed by atoms with van der Waals surface area (Å²) < 4.78 is 34.1. The number of nitrogens with zero attached hydrogens (tertiary/aromatic N) is 2. The van der Waals surface area contributed by atoms with Crippen molar-refractivity contribution in [2.75, 3.05) is 18.5 Å². The number of rotatable bonds is 4. The number of carbonyl (C=O) groups excluding carboxylic acids is 1. The zero-order valence-corrected chi connectivity index (χ0v) is 16.3. The molecule has 2 aliphatic heterocycles. The van der Waals surface area contributed by atoms with Gasteiger partial charge in [0, 0.05) is 17.8 Å². The highest BCUT2D eigenvalue weighted by Crippen LogP contribution is 2.31. The summed E-state index contributed by atoms with van der Waals surface area (Å²) in [6, 6.07) is 13.4. The van der Waals surface area contributed by atoms with Crippen LogP contribution < -0.4 is 10.1 Å². The minimum Gasteiger partial charge on any atom is -0.494 e. The van der Waals surface area contributed by atoms with Crippen molar-refractivity contribution in [2.45, 2.75) is 30.7 Å². The molecule has 1 fully saturated rings. The van der Waals surface area contributed by atoms with Crippen LogP contribution in [0.2, 0.25) is 0 Å². The molecule has 8 heteroatoms. The average molecular weight is 399 g/mol. The van der Waals surface area contributed by atoms with E-state index in [1.165, 1.54) is 0 Å². The molecule has 146 valence electrons. The summed E-state index contributed by atoms with van der Waals surface area (Å²) in [7, 11) is -3.71. The second-order valence-electron chi connectivity index (χ2n) is 6.68. The SMILES string of the molecule is CCOc1ccc(NC(=O)[C@@H]2CCCN2C2=NS(=O)(=O)c3ccccc32)cc1. The predicted octanol–water partition coefficient (Wildman–Crippen LogP) is 2.64. The van der Waals surface area contributed by atoms with Crippen LogP contribution in [0.3, 0.4) is 0 Å². The summed E-state index contributed by atoms with van der Waals surface area (Å²) >= 11 is 0. The van der Waals surface area contributed by atoms with E-state index in [1.807, 2.05) is 6.92 Å². The minimum absolute atomic E-state index is 0.175. The second-order valence-corrected chi connectivity index (χ2v) is 8.26. The summed E-state index contributed by atoms with van der Waals surface area (Å²) in [6.07, 6.45) is 1.44. The first-order valence-electron chi connectivity index (χ1n) is 9.24. The Morgan fingerprint density at radius 1 is 1.21 bits per heavy atom. The topological polar surface area (TPSA) is 88.1 Å². The third-order valence-electron chi connectivity index (χ3n) is 4.87. The molecule has 4 rings (SSSR count). The lowest BCUT2D eigenvalue weighted by Gasteiger charge is -2.25. The lowest BCUT2D eigenvalue weighted by molar-refractivity contribution is -0.119. The molecule has 0 radical (unpaired) electrons. The molecule has 2 aliphatic rings. The lowest BCUT2D eigenvalue weighted by atomic mass is 10.1. The number of carbonyl (C=O) groups is 1. The van der Waals surface area contributed by atoms with Gasteiger partial charge in [-0.1, -0.05) is 12.1 Å². The highest BCUT2D eigenvalue weighted by molar-refractivity contribution is 7.90. The quantitative estimate of drug-likeness (QED) is 0.854. The Bertz CT molecular complexity index is 1030. The number of hydrogen-bond donors (Lipinski definition) is 1. The molecule has 0 spiro atoms. The molecule has 7 nitrogen and oxygen atoms in total.